The van der Waals surface area contributed by atoms with E-state index in [0.717, 1.165) is 31.4 Å². The number of ether oxygens (including phenoxy) is 1. The Morgan fingerprint density at radius 1 is 1.22 bits per heavy atom. The maximum atomic E-state index is 14.6. The van der Waals surface area contributed by atoms with Gasteiger partial charge in [-0.25, -0.2) is 8.78 Å². The number of halogens is 2. The first-order chi connectivity index (χ1) is 12.8. The number of nitrogens with one attached hydrogen (secondary N) is 1. The third kappa shape index (κ3) is 5.74. The molecule has 0 saturated carbocycles. The van der Waals surface area contributed by atoms with Gasteiger partial charge in [0.05, 0.1) is 17.9 Å². The second-order valence-electron chi connectivity index (χ2n) is 6.53. The van der Waals surface area contributed by atoms with E-state index in [2.05, 4.69) is 10.1 Å². The number of benzene rings is 1. The molecule has 1 atom stereocenters. The summed E-state index contributed by atoms with van der Waals surface area (Å²) in [5, 5.41) is 2.82. The molecule has 8 heteroatoms. The van der Waals surface area contributed by atoms with Crippen LogP contribution in [0.5, 0.6) is 0 Å². The molecule has 27 heavy (non-hydrogen) atoms. The van der Waals surface area contributed by atoms with Crippen molar-refractivity contribution < 1.29 is 27.9 Å². The SMILES string of the molecule is CCOC(=O)CC(=O)c1cc(F)c(N2CCCCC(NC(C)=O)C2)cc1F. The number of amides is 1. The molecule has 6 nitrogen and oxygen atoms in total. The van der Waals surface area contributed by atoms with Crippen molar-refractivity contribution in [2.24, 2.45) is 0 Å². The van der Waals surface area contributed by atoms with Gasteiger partial charge in [-0.15, -0.1) is 0 Å². The van der Waals surface area contributed by atoms with Crippen LogP contribution in [0.25, 0.3) is 0 Å². The van der Waals surface area contributed by atoms with Crippen LogP contribution in [0.15, 0.2) is 12.1 Å². The third-order valence-corrected chi connectivity index (χ3v) is 4.37. The lowest BCUT2D eigenvalue weighted by atomic mass is 10.1. The summed E-state index contributed by atoms with van der Waals surface area (Å²) >= 11 is 0. The minimum atomic E-state index is -0.888. The predicted octanol–water partition coefficient (Wildman–Crippen LogP) is 2.60. The van der Waals surface area contributed by atoms with E-state index in [1.165, 1.54) is 6.92 Å². The second kappa shape index (κ2) is 9.43. The molecule has 0 aliphatic carbocycles. The van der Waals surface area contributed by atoms with Crippen LogP contribution in [-0.2, 0) is 14.3 Å². The first kappa shape index (κ1) is 20.8. The Labute approximate surface area is 156 Å². The fourth-order valence-electron chi connectivity index (χ4n) is 3.20. The monoisotopic (exact) mass is 382 g/mol. The van der Waals surface area contributed by atoms with Crippen molar-refractivity contribution in [3.05, 3.63) is 29.3 Å². The molecule has 1 fully saturated rings. The molecule has 1 saturated heterocycles. The summed E-state index contributed by atoms with van der Waals surface area (Å²) in [4.78, 5) is 36.4. The Hall–Kier alpha value is -2.51. The highest BCUT2D eigenvalue weighted by Crippen LogP contribution is 2.26. The number of carbonyl (C=O) groups excluding carboxylic acids is 3. The average Bonchev–Trinajstić information content (AvgIpc) is 2.81. The average molecular weight is 382 g/mol. The van der Waals surface area contributed by atoms with E-state index in [4.69, 9.17) is 0 Å². The number of Topliss-reactive ketones (excluding diaryl/α,β-unsaturated/α-hetero) is 1. The van der Waals surface area contributed by atoms with Crippen LogP contribution < -0.4 is 10.2 Å². The molecule has 1 aromatic carbocycles. The highest BCUT2D eigenvalue weighted by Gasteiger charge is 2.24. The lowest BCUT2D eigenvalue weighted by Crippen LogP contribution is -2.42. The molecule has 0 bridgehead atoms. The van der Waals surface area contributed by atoms with Crippen LogP contribution in [0.3, 0.4) is 0 Å². The van der Waals surface area contributed by atoms with Crippen LogP contribution in [0.4, 0.5) is 14.5 Å². The second-order valence-corrected chi connectivity index (χ2v) is 6.53. The number of carbonyl (C=O) groups is 3. The largest absolute Gasteiger partial charge is 0.466 e. The van der Waals surface area contributed by atoms with Crippen LogP contribution in [0, 0.1) is 11.6 Å². The van der Waals surface area contributed by atoms with Gasteiger partial charge in [0, 0.05) is 32.1 Å². The Kier molecular flexibility index (Phi) is 7.27. The fraction of sp³-hybridized carbons (Fsp3) is 0.526. The van der Waals surface area contributed by atoms with Gasteiger partial charge in [-0.1, -0.05) is 0 Å². The van der Waals surface area contributed by atoms with E-state index in [9.17, 15) is 23.2 Å². The smallest absolute Gasteiger partial charge is 0.313 e. The summed E-state index contributed by atoms with van der Waals surface area (Å²) < 4.78 is 33.7. The molecular formula is C19H24F2N2O4. The number of anilines is 1. The van der Waals surface area contributed by atoms with Crippen LogP contribution in [-0.4, -0.2) is 43.4 Å². The first-order valence-electron chi connectivity index (χ1n) is 9.01. The van der Waals surface area contributed by atoms with Gasteiger partial charge in [0.25, 0.3) is 0 Å². The van der Waals surface area contributed by atoms with Crippen LogP contribution in [0.2, 0.25) is 0 Å². The lowest BCUT2D eigenvalue weighted by molar-refractivity contribution is -0.142. The maximum Gasteiger partial charge on any atom is 0.313 e. The van der Waals surface area contributed by atoms with Crippen molar-refractivity contribution in [1.82, 2.24) is 5.32 Å². The number of nitrogens with zero attached hydrogens (tertiary/aromatic N) is 1. The maximum absolute atomic E-state index is 14.6. The van der Waals surface area contributed by atoms with Crippen molar-refractivity contribution in [2.45, 2.75) is 45.6 Å². The van der Waals surface area contributed by atoms with Crippen molar-refractivity contribution in [2.75, 3.05) is 24.6 Å². The number of hydrogen-bond acceptors (Lipinski definition) is 5. The minimum absolute atomic E-state index is 0.0393. The van der Waals surface area contributed by atoms with E-state index in [-0.39, 0.29) is 24.2 Å². The van der Waals surface area contributed by atoms with Gasteiger partial charge >= 0.3 is 5.97 Å². The van der Waals surface area contributed by atoms with Crippen molar-refractivity contribution in [1.29, 1.82) is 0 Å². The van der Waals surface area contributed by atoms with Gasteiger partial charge in [-0.3, -0.25) is 14.4 Å². The molecule has 0 aromatic heterocycles. The van der Waals surface area contributed by atoms with Gasteiger partial charge in [0.1, 0.15) is 18.1 Å². The van der Waals surface area contributed by atoms with Gasteiger partial charge < -0.3 is 15.0 Å². The number of rotatable bonds is 6. The molecule has 1 heterocycles. The standard InChI is InChI=1S/C19H24F2N2O4/c1-3-27-19(26)10-18(25)14-8-16(21)17(9-15(14)20)23-7-5-4-6-13(11-23)22-12(2)24/h8-9,13H,3-7,10-11H2,1-2H3,(H,22,24). The Balaban J connectivity index is 2.20. The molecule has 2 rings (SSSR count). The third-order valence-electron chi connectivity index (χ3n) is 4.37. The van der Waals surface area contributed by atoms with E-state index in [1.807, 2.05) is 0 Å². The van der Waals surface area contributed by atoms with E-state index in [1.54, 1.807) is 11.8 Å². The number of hydrogen-bond donors (Lipinski definition) is 1. The summed E-state index contributed by atoms with van der Waals surface area (Å²) in [5.41, 5.74) is -0.435. The van der Waals surface area contributed by atoms with E-state index < -0.39 is 35.4 Å². The van der Waals surface area contributed by atoms with Gasteiger partial charge in [-0.2, -0.15) is 0 Å². The molecule has 0 radical (unpaired) electrons. The van der Waals surface area contributed by atoms with Crippen LogP contribution >= 0.6 is 0 Å². The normalized spacial score (nSPS) is 17.2. The molecule has 148 valence electrons. The zero-order chi connectivity index (χ0) is 20.0. The molecule has 0 spiro atoms. The van der Waals surface area contributed by atoms with Gasteiger partial charge in [0.2, 0.25) is 5.91 Å². The van der Waals surface area contributed by atoms with E-state index >= 15 is 0 Å². The molecular weight excluding hydrogens is 358 g/mol. The number of ketones is 1. The molecule has 1 N–H and O–H groups in total. The van der Waals surface area contributed by atoms with Crippen molar-refractivity contribution >= 4 is 23.3 Å². The highest BCUT2D eigenvalue weighted by atomic mass is 19.1. The molecule has 1 aliphatic heterocycles. The first-order valence-corrected chi connectivity index (χ1v) is 9.01. The van der Waals surface area contributed by atoms with Gasteiger partial charge in [-0.05, 0) is 32.3 Å². The quantitative estimate of drug-likeness (QED) is 0.465. The Morgan fingerprint density at radius 3 is 2.63 bits per heavy atom. The zero-order valence-electron chi connectivity index (χ0n) is 15.5. The zero-order valence-corrected chi connectivity index (χ0v) is 15.5. The van der Waals surface area contributed by atoms with Crippen molar-refractivity contribution in [3.63, 3.8) is 0 Å². The summed E-state index contributed by atoms with van der Waals surface area (Å²) in [6, 6.07) is 1.64. The molecule has 1 unspecified atom stereocenters. The highest BCUT2D eigenvalue weighted by molar-refractivity contribution is 6.06. The summed E-state index contributed by atoms with van der Waals surface area (Å²) in [6.07, 6.45) is 1.76. The van der Waals surface area contributed by atoms with Crippen LogP contribution in [0.1, 0.15) is 49.9 Å². The summed E-state index contributed by atoms with van der Waals surface area (Å²) in [6.45, 7) is 3.98. The topological polar surface area (TPSA) is 75.7 Å². The molecule has 1 aromatic rings. The molecule has 1 amide bonds. The number of esters is 1. The van der Waals surface area contributed by atoms with Gasteiger partial charge in [0.15, 0.2) is 5.78 Å². The lowest BCUT2D eigenvalue weighted by Gasteiger charge is -2.27. The van der Waals surface area contributed by atoms with E-state index in [0.29, 0.717) is 13.1 Å². The Bertz CT molecular complexity index is 724. The summed E-state index contributed by atoms with van der Waals surface area (Å²) in [5.74, 6) is -3.41. The predicted molar refractivity (Wildman–Crippen MR) is 95.6 cm³/mol. The summed E-state index contributed by atoms with van der Waals surface area (Å²) in [7, 11) is 0. The fourth-order valence-corrected chi connectivity index (χ4v) is 3.20. The minimum Gasteiger partial charge on any atom is -0.466 e. The molecule has 1 aliphatic rings. The Morgan fingerprint density at radius 2 is 1.96 bits per heavy atom. The van der Waals surface area contributed by atoms with Crippen molar-refractivity contribution in [3.8, 4) is 0 Å².